The Labute approximate surface area is 95.2 Å². The van der Waals surface area contributed by atoms with Crippen LogP contribution in [-0.4, -0.2) is 37.7 Å². The Kier molecular flexibility index (Phi) is 3.66. The number of ether oxygens (including phenoxy) is 2. The summed E-state index contributed by atoms with van der Waals surface area (Å²) in [5.41, 5.74) is 0. The highest BCUT2D eigenvalue weighted by Crippen LogP contribution is 2.10. The number of hydrogen-bond acceptors (Lipinski definition) is 4. The van der Waals surface area contributed by atoms with Gasteiger partial charge in [-0.2, -0.15) is 0 Å². The van der Waals surface area contributed by atoms with Gasteiger partial charge in [0, 0.05) is 12.1 Å². The second kappa shape index (κ2) is 5.21. The van der Waals surface area contributed by atoms with Gasteiger partial charge >= 0.3 is 0 Å². The van der Waals surface area contributed by atoms with Crippen molar-refractivity contribution in [2.24, 2.45) is 0 Å². The molecular weight excluding hydrogens is 208 g/mol. The molecule has 2 aliphatic rings. The number of nitrogens with one attached hydrogen (secondary N) is 2. The van der Waals surface area contributed by atoms with Crippen molar-refractivity contribution < 1.29 is 14.3 Å². The monoisotopic (exact) mass is 226 g/mol. The highest BCUT2D eigenvalue weighted by Gasteiger charge is 2.25. The van der Waals surface area contributed by atoms with Gasteiger partial charge in [0.05, 0.1) is 0 Å². The molecule has 0 aromatic heterocycles. The Morgan fingerprint density at radius 3 is 3.12 bits per heavy atom. The molecule has 1 amide bonds. The first-order valence-electron chi connectivity index (χ1n) is 5.76. The summed E-state index contributed by atoms with van der Waals surface area (Å²) in [4.78, 5) is 11.8. The molecule has 2 N–H and O–H groups in total. The molecule has 0 radical (unpaired) electrons. The van der Waals surface area contributed by atoms with E-state index in [0.29, 0.717) is 19.3 Å². The average molecular weight is 226 g/mol. The van der Waals surface area contributed by atoms with Gasteiger partial charge in [-0.15, -0.1) is 0 Å². The fourth-order valence-electron chi connectivity index (χ4n) is 1.97. The standard InChI is InChI=1S/C11H18N2O3/c1-8-9(3-2-4-12-8)13-11(14)10-7-15-5-6-16-10/h7-9,12H,2-6H2,1H3,(H,13,14). The lowest BCUT2D eigenvalue weighted by atomic mass is 10.00. The maximum Gasteiger partial charge on any atom is 0.289 e. The third kappa shape index (κ3) is 2.66. The maximum atomic E-state index is 11.8. The zero-order chi connectivity index (χ0) is 11.4. The first kappa shape index (κ1) is 11.3. The van der Waals surface area contributed by atoms with Crippen LogP contribution >= 0.6 is 0 Å². The fourth-order valence-corrected chi connectivity index (χ4v) is 1.97. The van der Waals surface area contributed by atoms with Crippen LogP contribution in [-0.2, 0) is 14.3 Å². The van der Waals surface area contributed by atoms with Crippen LogP contribution < -0.4 is 10.6 Å². The maximum absolute atomic E-state index is 11.8. The summed E-state index contributed by atoms with van der Waals surface area (Å²) >= 11 is 0. The van der Waals surface area contributed by atoms with E-state index in [1.807, 2.05) is 0 Å². The number of carbonyl (C=O) groups is 1. The van der Waals surface area contributed by atoms with Crippen molar-refractivity contribution in [1.29, 1.82) is 0 Å². The van der Waals surface area contributed by atoms with Gasteiger partial charge in [0.2, 0.25) is 5.76 Å². The van der Waals surface area contributed by atoms with E-state index in [4.69, 9.17) is 9.47 Å². The summed E-state index contributed by atoms with van der Waals surface area (Å²) in [7, 11) is 0. The largest absolute Gasteiger partial charge is 0.494 e. The van der Waals surface area contributed by atoms with E-state index >= 15 is 0 Å². The van der Waals surface area contributed by atoms with Gasteiger partial charge < -0.3 is 20.1 Å². The number of rotatable bonds is 2. The Hall–Kier alpha value is -1.23. The van der Waals surface area contributed by atoms with Crippen LogP contribution in [0.15, 0.2) is 12.0 Å². The highest BCUT2D eigenvalue weighted by atomic mass is 16.6. The molecular formula is C11H18N2O3. The Balaban J connectivity index is 1.88. The van der Waals surface area contributed by atoms with Crippen molar-refractivity contribution in [3.05, 3.63) is 12.0 Å². The lowest BCUT2D eigenvalue weighted by Crippen LogP contribution is -2.52. The summed E-state index contributed by atoms with van der Waals surface area (Å²) < 4.78 is 10.3. The van der Waals surface area contributed by atoms with Crippen molar-refractivity contribution in [2.45, 2.75) is 31.8 Å². The van der Waals surface area contributed by atoms with Gasteiger partial charge in [0.1, 0.15) is 19.5 Å². The zero-order valence-corrected chi connectivity index (χ0v) is 9.49. The smallest absolute Gasteiger partial charge is 0.289 e. The van der Waals surface area contributed by atoms with Crippen LogP contribution in [0.3, 0.4) is 0 Å². The molecule has 5 heteroatoms. The lowest BCUT2D eigenvalue weighted by Gasteiger charge is -2.31. The predicted molar refractivity (Wildman–Crippen MR) is 58.6 cm³/mol. The normalized spacial score (nSPS) is 29.7. The van der Waals surface area contributed by atoms with E-state index in [0.717, 1.165) is 19.4 Å². The SMILES string of the molecule is CC1NCCCC1NC(=O)C1=COCCO1. The Morgan fingerprint density at radius 1 is 1.56 bits per heavy atom. The van der Waals surface area contributed by atoms with Crippen LogP contribution in [0.1, 0.15) is 19.8 Å². The van der Waals surface area contributed by atoms with Crippen molar-refractivity contribution in [2.75, 3.05) is 19.8 Å². The fraction of sp³-hybridized carbons (Fsp3) is 0.727. The summed E-state index contributed by atoms with van der Waals surface area (Å²) in [6, 6.07) is 0.482. The van der Waals surface area contributed by atoms with Crippen LogP contribution in [0.4, 0.5) is 0 Å². The molecule has 0 aliphatic carbocycles. The second-order valence-electron chi connectivity index (χ2n) is 4.17. The van der Waals surface area contributed by atoms with Crippen molar-refractivity contribution in [3.8, 4) is 0 Å². The topological polar surface area (TPSA) is 59.6 Å². The molecule has 0 aromatic carbocycles. The van der Waals surface area contributed by atoms with E-state index < -0.39 is 0 Å². The zero-order valence-electron chi connectivity index (χ0n) is 9.49. The molecule has 1 saturated heterocycles. The van der Waals surface area contributed by atoms with Crippen molar-refractivity contribution >= 4 is 5.91 Å². The molecule has 2 heterocycles. The second-order valence-corrected chi connectivity index (χ2v) is 4.17. The lowest BCUT2D eigenvalue weighted by molar-refractivity contribution is -0.123. The van der Waals surface area contributed by atoms with E-state index in [2.05, 4.69) is 17.6 Å². The quantitative estimate of drug-likeness (QED) is 0.702. The van der Waals surface area contributed by atoms with Gasteiger partial charge in [0.15, 0.2) is 0 Å². The number of carbonyl (C=O) groups excluding carboxylic acids is 1. The molecule has 2 rings (SSSR count). The molecule has 0 spiro atoms. The highest BCUT2D eigenvalue weighted by molar-refractivity contribution is 5.91. The Bertz CT molecular complexity index is 291. The minimum absolute atomic E-state index is 0.174. The van der Waals surface area contributed by atoms with Gasteiger partial charge in [-0.1, -0.05) is 0 Å². The minimum Gasteiger partial charge on any atom is -0.494 e. The number of piperidine rings is 1. The first-order chi connectivity index (χ1) is 7.77. The third-order valence-corrected chi connectivity index (χ3v) is 2.95. The van der Waals surface area contributed by atoms with Gasteiger partial charge in [-0.3, -0.25) is 4.79 Å². The summed E-state index contributed by atoms with van der Waals surface area (Å²) in [6.07, 6.45) is 3.49. The number of amides is 1. The van der Waals surface area contributed by atoms with Gasteiger partial charge in [0.25, 0.3) is 5.91 Å². The summed E-state index contributed by atoms with van der Waals surface area (Å²) in [5, 5.41) is 6.30. The number of hydrogen-bond donors (Lipinski definition) is 2. The Morgan fingerprint density at radius 2 is 2.44 bits per heavy atom. The van der Waals surface area contributed by atoms with E-state index in [1.165, 1.54) is 6.26 Å². The molecule has 0 bridgehead atoms. The molecule has 2 aliphatic heterocycles. The van der Waals surface area contributed by atoms with Gasteiger partial charge in [-0.25, -0.2) is 0 Å². The molecule has 2 unspecified atom stereocenters. The predicted octanol–water partition coefficient (Wildman–Crippen LogP) is 0.131. The average Bonchev–Trinajstić information content (AvgIpc) is 2.33. The third-order valence-electron chi connectivity index (χ3n) is 2.95. The first-order valence-corrected chi connectivity index (χ1v) is 5.76. The molecule has 0 aromatic rings. The van der Waals surface area contributed by atoms with E-state index in [9.17, 15) is 4.79 Å². The van der Waals surface area contributed by atoms with E-state index in [-0.39, 0.29) is 17.7 Å². The minimum atomic E-state index is -0.180. The van der Waals surface area contributed by atoms with Crippen LogP contribution in [0, 0.1) is 0 Å². The van der Waals surface area contributed by atoms with Crippen molar-refractivity contribution in [3.63, 3.8) is 0 Å². The molecule has 1 fully saturated rings. The van der Waals surface area contributed by atoms with Crippen LogP contribution in [0.2, 0.25) is 0 Å². The van der Waals surface area contributed by atoms with Crippen LogP contribution in [0.5, 0.6) is 0 Å². The van der Waals surface area contributed by atoms with Crippen molar-refractivity contribution in [1.82, 2.24) is 10.6 Å². The molecule has 90 valence electrons. The van der Waals surface area contributed by atoms with Gasteiger partial charge in [-0.05, 0) is 26.3 Å². The van der Waals surface area contributed by atoms with E-state index in [1.54, 1.807) is 0 Å². The summed E-state index contributed by atoms with van der Waals surface area (Å²) in [5.74, 6) is 0.101. The molecule has 0 saturated carbocycles. The summed E-state index contributed by atoms with van der Waals surface area (Å²) in [6.45, 7) is 4.06. The molecule has 16 heavy (non-hydrogen) atoms. The van der Waals surface area contributed by atoms with Crippen LogP contribution in [0.25, 0.3) is 0 Å². The molecule has 2 atom stereocenters. The molecule has 5 nitrogen and oxygen atoms in total.